The molecule has 1 aromatic carbocycles. The summed E-state index contributed by atoms with van der Waals surface area (Å²) < 4.78 is 57.6. The minimum Gasteiger partial charge on any atom is -0.477 e. The number of sulfonamides is 1. The molecular weight excluding hydrogens is 296 g/mol. The highest BCUT2D eigenvalue weighted by Gasteiger charge is 2.32. The van der Waals surface area contributed by atoms with Crippen molar-refractivity contribution in [3.05, 3.63) is 29.3 Å². The Morgan fingerprint density at radius 2 is 1.85 bits per heavy atom. The Balaban J connectivity index is 2.52. The average Bonchev–Trinajstić information content (AvgIpc) is 2.39. The lowest BCUT2D eigenvalue weighted by molar-refractivity contribution is 0.0684. The quantitative estimate of drug-likeness (QED) is 0.888. The molecule has 0 spiro atoms. The van der Waals surface area contributed by atoms with Crippen LogP contribution >= 0.6 is 0 Å². The molecule has 0 aromatic heterocycles. The van der Waals surface area contributed by atoms with E-state index in [-0.39, 0.29) is 26.3 Å². The van der Waals surface area contributed by atoms with E-state index in [1.807, 2.05) is 0 Å². The molecule has 1 heterocycles. The zero-order chi connectivity index (χ0) is 14.9. The second-order valence-corrected chi connectivity index (χ2v) is 5.96. The van der Waals surface area contributed by atoms with Crippen LogP contribution in [0.25, 0.3) is 0 Å². The van der Waals surface area contributed by atoms with E-state index in [0.29, 0.717) is 6.07 Å². The lowest BCUT2D eigenvalue weighted by Gasteiger charge is -2.26. The van der Waals surface area contributed by atoms with Gasteiger partial charge in [-0.1, -0.05) is 0 Å². The zero-order valence-electron chi connectivity index (χ0n) is 10.2. The van der Waals surface area contributed by atoms with Gasteiger partial charge in [0.15, 0.2) is 5.82 Å². The third-order valence-corrected chi connectivity index (χ3v) is 4.77. The number of nitrogens with zero attached hydrogens (tertiary/aromatic N) is 1. The van der Waals surface area contributed by atoms with Gasteiger partial charge in [0.2, 0.25) is 10.0 Å². The number of ether oxygens (including phenoxy) is 1. The van der Waals surface area contributed by atoms with Crippen LogP contribution in [-0.4, -0.2) is 50.1 Å². The Morgan fingerprint density at radius 1 is 1.25 bits per heavy atom. The highest BCUT2D eigenvalue weighted by molar-refractivity contribution is 7.89. The SMILES string of the molecule is O=C(O)c1c(F)ccc(S(=O)(=O)N2CCOCC2)c1F. The molecule has 0 atom stereocenters. The van der Waals surface area contributed by atoms with Crippen molar-refractivity contribution in [3.63, 3.8) is 0 Å². The third kappa shape index (κ3) is 2.51. The van der Waals surface area contributed by atoms with Crippen LogP contribution in [0.1, 0.15) is 10.4 Å². The molecule has 0 amide bonds. The van der Waals surface area contributed by atoms with Gasteiger partial charge in [-0.25, -0.2) is 22.0 Å². The van der Waals surface area contributed by atoms with Crippen molar-refractivity contribution in [3.8, 4) is 0 Å². The molecule has 0 radical (unpaired) electrons. The van der Waals surface area contributed by atoms with Crippen LogP contribution in [0.3, 0.4) is 0 Å². The van der Waals surface area contributed by atoms with Crippen LogP contribution in [0.2, 0.25) is 0 Å². The number of hydrogen-bond acceptors (Lipinski definition) is 4. The van der Waals surface area contributed by atoms with Crippen LogP contribution in [0.5, 0.6) is 0 Å². The number of hydrogen-bond donors (Lipinski definition) is 1. The fraction of sp³-hybridized carbons (Fsp3) is 0.364. The van der Waals surface area contributed by atoms with Crippen molar-refractivity contribution >= 4 is 16.0 Å². The number of benzene rings is 1. The van der Waals surface area contributed by atoms with Gasteiger partial charge in [0.05, 0.1) is 13.2 Å². The van der Waals surface area contributed by atoms with Crippen LogP contribution in [0.4, 0.5) is 8.78 Å². The largest absolute Gasteiger partial charge is 0.477 e. The van der Waals surface area contributed by atoms with Gasteiger partial charge in [-0.15, -0.1) is 0 Å². The van der Waals surface area contributed by atoms with Crippen LogP contribution in [0, 0.1) is 11.6 Å². The number of carbonyl (C=O) groups is 1. The second kappa shape index (κ2) is 5.43. The first kappa shape index (κ1) is 14.8. The molecular formula is C11H11F2NO5S. The molecule has 1 saturated heterocycles. The predicted molar refractivity (Wildman–Crippen MR) is 62.9 cm³/mol. The average molecular weight is 307 g/mol. The van der Waals surface area contributed by atoms with E-state index in [9.17, 15) is 22.0 Å². The minimum atomic E-state index is -4.22. The molecule has 1 fully saturated rings. The topological polar surface area (TPSA) is 83.9 Å². The van der Waals surface area contributed by atoms with Crippen LogP contribution in [0.15, 0.2) is 17.0 Å². The number of carboxylic acid groups (broad SMARTS) is 1. The summed E-state index contributed by atoms with van der Waals surface area (Å²) in [4.78, 5) is 9.94. The highest BCUT2D eigenvalue weighted by Crippen LogP contribution is 2.24. The summed E-state index contributed by atoms with van der Waals surface area (Å²) in [6.45, 7) is 0.380. The lowest BCUT2D eigenvalue weighted by atomic mass is 10.2. The van der Waals surface area contributed by atoms with Gasteiger partial charge < -0.3 is 9.84 Å². The first-order valence-electron chi connectivity index (χ1n) is 5.65. The minimum absolute atomic E-state index is 0.0293. The van der Waals surface area contributed by atoms with Gasteiger partial charge >= 0.3 is 5.97 Å². The standard InChI is InChI=1S/C11H11F2NO5S/c12-7-1-2-8(10(13)9(7)11(15)16)20(17,18)14-3-5-19-6-4-14/h1-2H,3-6H2,(H,15,16). The van der Waals surface area contributed by atoms with E-state index in [0.717, 1.165) is 10.4 Å². The van der Waals surface area contributed by atoms with Gasteiger partial charge in [-0.3, -0.25) is 0 Å². The number of carboxylic acids is 1. The number of morpholine rings is 1. The van der Waals surface area contributed by atoms with E-state index in [4.69, 9.17) is 9.84 Å². The van der Waals surface area contributed by atoms with Crippen molar-refractivity contribution < 1.29 is 31.8 Å². The maximum absolute atomic E-state index is 14.0. The number of aromatic carboxylic acids is 1. The molecule has 6 nitrogen and oxygen atoms in total. The van der Waals surface area contributed by atoms with E-state index in [2.05, 4.69) is 0 Å². The van der Waals surface area contributed by atoms with E-state index >= 15 is 0 Å². The molecule has 20 heavy (non-hydrogen) atoms. The number of rotatable bonds is 3. The van der Waals surface area contributed by atoms with Crippen molar-refractivity contribution in [2.45, 2.75) is 4.90 Å². The Morgan fingerprint density at radius 3 is 2.40 bits per heavy atom. The summed E-state index contributed by atoms with van der Waals surface area (Å²) in [6, 6.07) is 1.35. The molecule has 0 bridgehead atoms. The van der Waals surface area contributed by atoms with Crippen molar-refractivity contribution in [1.29, 1.82) is 0 Å². The fourth-order valence-electron chi connectivity index (χ4n) is 1.85. The smallest absolute Gasteiger partial charge is 0.341 e. The first-order valence-corrected chi connectivity index (χ1v) is 7.09. The Hall–Kier alpha value is -1.58. The van der Waals surface area contributed by atoms with Gasteiger partial charge in [0.1, 0.15) is 16.3 Å². The van der Waals surface area contributed by atoms with Crippen LogP contribution < -0.4 is 0 Å². The van der Waals surface area contributed by atoms with Crippen molar-refractivity contribution in [1.82, 2.24) is 4.31 Å². The van der Waals surface area contributed by atoms with Gasteiger partial charge in [-0.2, -0.15) is 4.31 Å². The van der Waals surface area contributed by atoms with E-state index in [1.165, 1.54) is 0 Å². The fourth-order valence-corrected chi connectivity index (χ4v) is 3.33. The van der Waals surface area contributed by atoms with E-state index < -0.39 is 38.1 Å². The Kier molecular flexibility index (Phi) is 4.02. The monoisotopic (exact) mass is 307 g/mol. The Bertz CT molecular complexity index is 640. The maximum Gasteiger partial charge on any atom is 0.341 e. The molecule has 0 aliphatic carbocycles. The lowest BCUT2D eigenvalue weighted by Crippen LogP contribution is -2.41. The summed E-state index contributed by atoms with van der Waals surface area (Å²) in [5.74, 6) is -4.78. The molecule has 9 heteroatoms. The molecule has 110 valence electrons. The maximum atomic E-state index is 14.0. The molecule has 1 aliphatic heterocycles. The molecule has 1 N–H and O–H groups in total. The summed E-state index contributed by atoms with van der Waals surface area (Å²) >= 11 is 0. The van der Waals surface area contributed by atoms with Gasteiger partial charge in [0, 0.05) is 13.1 Å². The predicted octanol–water partition coefficient (Wildman–Crippen LogP) is 0.684. The normalized spacial score (nSPS) is 17.1. The summed E-state index contributed by atoms with van der Waals surface area (Å²) in [7, 11) is -4.22. The first-order chi connectivity index (χ1) is 9.35. The molecule has 2 rings (SSSR count). The summed E-state index contributed by atoms with van der Waals surface area (Å²) in [6.07, 6.45) is 0. The molecule has 1 aliphatic rings. The second-order valence-electron chi connectivity index (χ2n) is 4.06. The van der Waals surface area contributed by atoms with Crippen molar-refractivity contribution in [2.75, 3.05) is 26.3 Å². The highest BCUT2D eigenvalue weighted by atomic mass is 32.2. The summed E-state index contributed by atoms with van der Waals surface area (Å²) in [5, 5.41) is 8.74. The van der Waals surface area contributed by atoms with Crippen LogP contribution in [-0.2, 0) is 14.8 Å². The molecule has 0 saturated carbocycles. The zero-order valence-corrected chi connectivity index (χ0v) is 11.0. The van der Waals surface area contributed by atoms with E-state index in [1.54, 1.807) is 0 Å². The van der Waals surface area contributed by atoms with Gasteiger partial charge in [-0.05, 0) is 12.1 Å². The number of halogens is 2. The molecule has 0 unspecified atom stereocenters. The third-order valence-electron chi connectivity index (χ3n) is 2.86. The molecule has 1 aromatic rings. The van der Waals surface area contributed by atoms with Crippen molar-refractivity contribution in [2.24, 2.45) is 0 Å². The summed E-state index contributed by atoms with van der Waals surface area (Å²) in [5.41, 5.74) is -1.28. The Labute approximate surface area is 113 Å². The van der Waals surface area contributed by atoms with Gasteiger partial charge in [0.25, 0.3) is 0 Å².